The van der Waals surface area contributed by atoms with Gasteiger partial charge in [0.2, 0.25) is 5.88 Å². The van der Waals surface area contributed by atoms with E-state index in [-0.39, 0.29) is 11.1 Å². The highest BCUT2D eigenvalue weighted by Gasteiger charge is 2.30. The molecule has 2 N–H and O–H groups in total. The zero-order chi connectivity index (χ0) is 23.2. The number of anilines is 1. The summed E-state index contributed by atoms with van der Waals surface area (Å²) < 4.78 is 0.995. The van der Waals surface area contributed by atoms with Crippen LogP contribution >= 0.6 is 0 Å². The fraction of sp³-hybridized carbons (Fsp3) is 0.167. The van der Waals surface area contributed by atoms with Crippen LogP contribution in [0.5, 0.6) is 5.88 Å². The molecule has 1 aliphatic heterocycles. The van der Waals surface area contributed by atoms with Gasteiger partial charge in [-0.2, -0.15) is 10.1 Å². The van der Waals surface area contributed by atoms with Crippen molar-refractivity contribution in [3.8, 4) is 11.6 Å². The van der Waals surface area contributed by atoms with Crippen molar-refractivity contribution in [1.29, 1.82) is 0 Å². The summed E-state index contributed by atoms with van der Waals surface area (Å²) in [5, 5.41) is 16.4. The molecular formula is C24H22N4O4. The number of aryl methyl sites for hydroxylation is 3. The Kier molecular flexibility index (Phi) is 5.14. The molecule has 162 valence electrons. The molecule has 8 nitrogen and oxygen atoms in total. The number of nitrogens with one attached hydrogen (secondary N) is 1. The summed E-state index contributed by atoms with van der Waals surface area (Å²) in [6, 6.07) is 12.6. The standard InChI is InChI=1S/C24H22N4O4/c1-13-6-5-7-17(11-13)27-22(30)19(21(29)25-24(27)32)12-18-16(4)26-28(23(18)31)20-9-8-14(2)10-15(20)3/h5-12,30H,1-4H3,(H,25,29,32)/b18-12+. The van der Waals surface area contributed by atoms with E-state index in [2.05, 4.69) is 10.1 Å². The Balaban J connectivity index is 1.83. The van der Waals surface area contributed by atoms with Crippen LogP contribution in [0.25, 0.3) is 11.8 Å². The Morgan fingerprint density at radius 1 is 0.969 bits per heavy atom. The average molecular weight is 430 g/mol. The number of carbonyl (C=O) groups excluding carboxylic acids is 1. The number of hydrogen-bond donors (Lipinski definition) is 2. The van der Waals surface area contributed by atoms with Crippen LogP contribution in [0.15, 0.2) is 62.7 Å². The van der Waals surface area contributed by atoms with Gasteiger partial charge >= 0.3 is 5.69 Å². The fourth-order valence-corrected chi connectivity index (χ4v) is 3.71. The third-order valence-corrected chi connectivity index (χ3v) is 5.31. The van der Waals surface area contributed by atoms with Crippen LogP contribution < -0.4 is 16.3 Å². The molecule has 4 rings (SSSR count). The largest absolute Gasteiger partial charge is 0.494 e. The number of amides is 1. The van der Waals surface area contributed by atoms with Crippen LogP contribution in [0, 0.1) is 20.8 Å². The molecule has 0 saturated heterocycles. The molecule has 32 heavy (non-hydrogen) atoms. The van der Waals surface area contributed by atoms with E-state index in [0.29, 0.717) is 17.1 Å². The first kappa shape index (κ1) is 21.0. The van der Waals surface area contributed by atoms with E-state index < -0.39 is 23.0 Å². The van der Waals surface area contributed by atoms with Gasteiger partial charge in [-0.05, 0) is 63.1 Å². The lowest BCUT2D eigenvalue weighted by Crippen LogP contribution is -2.30. The summed E-state index contributed by atoms with van der Waals surface area (Å²) in [6.45, 7) is 7.34. The lowest BCUT2D eigenvalue weighted by atomic mass is 10.1. The van der Waals surface area contributed by atoms with E-state index in [1.807, 2.05) is 45.0 Å². The van der Waals surface area contributed by atoms with Gasteiger partial charge in [-0.15, -0.1) is 0 Å². The Labute approximate surface area is 183 Å². The van der Waals surface area contributed by atoms with E-state index in [4.69, 9.17) is 0 Å². The molecule has 3 aromatic rings. The van der Waals surface area contributed by atoms with Gasteiger partial charge in [0.05, 0.1) is 22.7 Å². The Morgan fingerprint density at radius 2 is 1.69 bits per heavy atom. The van der Waals surface area contributed by atoms with Gasteiger partial charge in [0.15, 0.2) is 0 Å². The molecule has 1 aliphatic rings. The fourth-order valence-electron chi connectivity index (χ4n) is 3.71. The number of aromatic amines is 1. The lowest BCUT2D eigenvalue weighted by Gasteiger charge is -2.15. The number of nitrogens with zero attached hydrogens (tertiary/aromatic N) is 3. The van der Waals surface area contributed by atoms with Crippen LogP contribution in [-0.4, -0.2) is 26.3 Å². The summed E-state index contributed by atoms with van der Waals surface area (Å²) in [4.78, 5) is 40.3. The van der Waals surface area contributed by atoms with Crippen LogP contribution in [0.2, 0.25) is 0 Å². The molecule has 1 aromatic heterocycles. The first-order chi connectivity index (χ1) is 15.2. The molecule has 0 radical (unpaired) electrons. The number of carbonyl (C=O) groups is 1. The van der Waals surface area contributed by atoms with Crippen LogP contribution in [0.4, 0.5) is 5.69 Å². The SMILES string of the molecule is CC1=NN(c2ccc(C)cc2C)C(=O)/C1=C/c1c(O)n(-c2cccc(C)c2)c(=O)[nH]c1=O. The number of hydrogen-bond acceptors (Lipinski definition) is 5. The maximum Gasteiger partial charge on any atom is 0.335 e. The van der Waals surface area contributed by atoms with E-state index >= 15 is 0 Å². The topological polar surface area (TPSA) is 108 Å². The molecule has 0 bridgehead atoms. The Morgan fingerprint density at radius 3 is 2.38 bits per heavy atom. The van der Waals surface area contributed by atoms with Crippen molar-refractivity contribution in [1.82, 2.24) is 9.55 Å². The monoisotopic (exact) mass is 430 g/mol. The van der Waals surface area contributed by atoms with Crippen LogP contribution in [0.3, 0.4) is 0 Å². The predicted molar refractivity (Wildman–Crippen MR) is 124 cm³/mol. The number of rotatable bonds is 3. The number of aromatic nitrogens is 2. The van der Waals surface area contributed by atoms with E-state index in [9.17, 15) is 19.5 Å². The van der Waals surface area contributed by atoms with E-state index in [1.165, 1.54) is 11.1 Å². The molecule has 0 spiro atoms. The number of benzene rings is 2. The average Bonchev–Trinajstić information content (AvgIpc) is 2.98. The molecule has 0 atom stereocenters. The van der Waals surface area contributed by atoms with Gasteiger partial charge in [0, 0.05) is 0 Å². The molecule has 2 heterocycles. The second kappa shape index (κ2) is 7.81. The summed E-state index contributed by atoms with van der Waals surface area (Å²) in [5.41, 5.74) is 2.60. The third kappa shape index (κ3) is 3.56. The van der Waals surface area contributed by atoms with Gasteiger partial charge in [-0.3, -0.25) is 14.6 Å². The smallest absolute Gasteiger partial charge is 0.335 e. The van der Waals surface area contributed by atoms with Crippen molar-refractivity contribution in [3.63, 3.8) is 0 Å². The molecule has 0 fully saturated rings. The molecule has 8 heteroatoms. The minimum atomic E-state index is -0.797. The maximum absolute atomic E-state index is 13.1. The molecule has 0 saturated carbocycles. The van der Waals surface area contributed by atoms with Crippen molar-refractivity contribution in [2.75, 3.05) is 5.01 Å². The molecule has 1 amide bonds. The molecule has 2 aromatic carbocycles. The first-order valence-corrected chi connectivity index (χ1v) is 10.0. The zero-order valence-electron chi connectivity index (χ0n) is 18.1. The number of hydrazone groups is 1. The van der Waals surface area contributed by atoms with Crippen molar-refractivity contribution in [2.24, 2.45) is 5.10 Å². The minimum absolute atomic E-state index is 0.153. The lowest BCUT2D eigenvalue weighted by molar-refractivity contribution is -0.114. The summed E-state index contributed by atoms with van der Waals surface area (Å²) >= 11 is 0. The van der Waals surface area contributed by atoms with E-state index in [0.717, 1.165) is 21.3 Å². The second-order valence-electron chi connectivity index (χ2n) is 7.82. The highest BCUT2D eigenvalue weighted by atomic mass is 16.3. The molecule has 0 aliphatic carbocycles. The van der Waals surface area contributed by atoms with E-state index in [1.54, 1.807) is 25.1 Å². The van der Waals surface area contributed by atoms with Gasteiger partial charge < -0.3 is 5.11 Å². The first-order valence-electron chi connectivity index (χ1n) is 10.0. The van der Waals surface area contributed by atoms with Crippen molar-refractivity contribution < 1.29 is 9.90 Å². The van der Waals surface area contributed by atoms with Gasteiger partial charge in [-0.1, -0.05) is 29.8 Å². The van der Waals surface area contributed by atoms with Crippen LogP contribution in [0.1, 0.15) is 29.2 Å². The summed E-state index contributed by atoms with van der Waals surface area (Å²) in [6.07, 6.45) is 1.27. The quantitative estimate of drug-likeness (QED) is 0.623. The summed E-state index contributed by atoms with van der Waals surface area (Å²) in [5.74, 6) is -0.982. The predicted octanol–water partition coefficient (Wildman–Crippen LogP) is 2.96. The van der Waals surface area contributed by atoms with Gasteiger partial charge in [0.25, 0.3) is 11.5 Å². The van der Waals surface area contributed by atoms with Gasteiger partial charge in [-0.25, -0.2) is 9.36 Å². The highest BCUT2D eigenvalue weighted by molar-refractivity contribution is 6.32. The normalized spacial score (nSPS) is 14.9. The highest BCUT2D eigenvalue weighted by Crippen LogP contribution is 2.29. The van der Waals surface area contributed by atoms with Crippen LogP contribution in [-0.2, 0) is 4.79 Å². The maximum atomic E-state index is 13.1. The van der Waals surface area contributed by atoms with Crippen molar-refractivity contribution in [2.45, 2.75) is 27.7 Å². The molecular weight excluding hydrogens is 408 g/mol. The third-order valence-electron chi connectivity index (χ3n) is 5.31. The van der Waals surface area contributed by atoms with Crippen molar-refractivity contribution in [3.05, 3.63) is 91.1 Å². The Hall–Kier alpha value is -4.20. The minimum Gasteiger partial charge on any atom is -0.494 e. The summed E-state index contributed by atoms with van der Waals surface area (Å²) in [7, 11) is 0. The molecule has 0 unspecified atom stereocenters. The number of H-pyrrole nitrogens is 1. The van der Waals surface area contributed by atoms with Crippen molar-refractivity contribution >= 4 is 23.4 Å². The Bertz CT molecular complexity index is 1440. The second-order valence-corrected chi connectivity index (χ2v) is 7.82. The zero-order valence-corrected chi connectivity index (χ0v) is 18.1. The number of aromatic hydroxyl groups is 1. The van der Waals surface area contributed by atoms with Gasteiger partial charge in [0.1, 0.15) is 5.56 Å².